The highest BCUT2D eigenvalue weighted by atomic mass is 19.1. The highest BCUT2D eigenvalue weighted by Gasteiger charge is 2.41. The molecule has 2 nitrogen and oxygen atoms in total. The van der Waals surface area contributed by atoms with Crippen molar-refractivity contribution in [2.75, 3.05) is 14.2 Å². The first-order valence-electron chi connectivity index (χ1n) is 9.50. The van der Waals surface area contributed by atoms with Gasteiger partial charge in [-0.1, -0.05) is 18.9 Å². The lowest BCUT2D eigenvalue weighted by Crippen LogP contribution is -2.36. The lowest BCUT2D eigenvalue weighted by molar-refractivity contribution is 0.153. The number of benzene rings is 1. The fraction of sp³-hybridized carbons (Fsp3) is 0.545. The predicted molar refractivity (Wildman–Crippen MR) is 97.3 cm³/mol. The molecule has 0 amide bonds. The number of fused-ring (bicyclic) bond motifs is 3. The molecule has 0 spiro atoms. The van der Waals surface area contributed by atoms with Gasteiger partial charge >= 0.3 is 0 Å². The van der Waals surface area contributed by atoms with Crippen molar-refractivity contribution in [3.8, 4) is 5.75 Å². The van der Waals surface area contributed by atoms with Crippen LogP contribution in [0.5, 0.6) is 5.75 Å². The van der Waals surface area contributed by atoms with Crippen LogP contribution >= 0.6 is 0 Å². The Bertz CT molecular complexity index is 706. The SMILES string of the molecule is COC1=CCC([C@@H]2Cc3ccc(OC)cc3[C@@H]3CCCC[C@@H]32)C=C1F. The van der Waals surface area contributed by atoms with Crippen LogP contribution in [0.3, 0.4) is 0 Å². The van der Waals surface area contributed by atoms with E-state index in [9.17, 15) is 4.39 Å². The molecule has 25 heavy (non-hydrogen) atoms. The van der Waals surface area contributed by atoms with Gasteiger partial charge in [-0.15, -0.1) is 0 Å². The Hall–Kier alpha value is -1.77. The molecular formula is C22H27FO2. The lowest BCUT2D eigenvalue weighted by atomic mass is 9.59. The summed E-state index contributed by atoms with van der Waals surface area (Å²) in [6.45, 7) is 0. The van der Waals surface area contributed by atoms with Gasteiger partial charge in [0.15, 0.2) is 5.83 Å². The van der Waals surface area contributed by atoms with Crippen LogP contribution in [0.15, 0.2) is 41.9 Å². The molecule has 134 valence electrons. The number of methoxy groups -OCH3 is 2. The molecule has 1 saturated carbocycles. The summed E-state index contributed by atoms with van der Waals surface area (Å²) in [7, 11) is 3.28. The Labute approximate surface area is 149 Å². The molecule has 1 fully saturated rings. The van der Waals surface area contributed by atoms with E-state index in [1.54, 1.807) is 14.2 Å². The van der Waals surface area contributed by atoms with Gasteiger partial charge < -0.3 is 9.47 Å². The second-order valence-corrected chi connectivity index (χ2v) is 7.67. The van der Waals surface area contributed by atoms with E-state index in [0.29, 0.717) is 23.5 Å². The van der Waals surface area contributed by atoms with Crippen molar-refractivity contribution in [2.24, 2.45) is 17.8 Å². The molecule has 3 aliphatic rings. The predicted octanol–water partition coefficient (Wildman–Crippen LogP) is 5.54. The molecule has 0 radical (unpaired) electrons. The lowest BCUT2D eigenvalue weighted by Gasteiger charge is -2.45. The maximum absolute atomic E-state index is 14.3. The van der Waals surface area contributed by atoms with Crippen LogP contribution in [-0.2, 0) is 11.2 Å². The van der Waals surface area contributed by atoms with Crippen LogP contribution in [-0.4, -0.2) is 14.2 Å². The van der Waals surface area contributed by atoms with Gasteiger partial charge in [0, 0.05) is 0 Å². The standard InChI is InChI=1S/C22H27FO2/c1-24-16-9-7-14-11-19(15-8-10-22(25-2)21(23)12-15)17-5-3-4-6-18(17)20(14)13-16/h7,9-10,12-13,15,17-19H,3-6,8,11H2,1-2H3/t15?,17-,18+,19-/m0/s1. The van der Waals surface area contributed by atoms with Gasteiger partial charge in [-0.05, 0) is 84.8 Å². The van der Waals surface area contributed by atoms with Gasteiger partial charge in [-0.2, -0.15) is 0 Å². The normalized spacial score (nSPS) is 31.3. The smallest absolute Gasteiger partial charge is 0.161 e. The van der Waals surface area contributed by atoms with Crippen molar-refractivity contribution >= 4 is 0 Å². The Morgan fingerprint density at radius 3 is 2.64 bits per heavy atom. The Kier molecular flexibility index (Phi) is 4.58. The van der Waals surface area contributed by atoms with Crippen LogP contribution in [0.1, 0.15) is 49.1 Å². The first-order chi connectivity index (χ1) is 12.2. The van der Waals surface area contributed by atoms with E-state index in [0.717, 1.165) is 18.6 Å². The number of rotatable bonds is 3. The van der Waals surface area contributed by atoms with E-state index in [4.69, 9.17) is 9.47 Å². The van der Waals surface area contributed by atoms with E-state index < -0.39 is 0 Å². The van der Waals surface area contributed by atoms with Crippen molar-refractivity contribution in [1.82, 2.24) is 0 Å². The summed E-state index contributed by atoms with van der Waals surface area (Å²) in [5.41, 5.74) is 2.91. The van der Waals surface area contributed by atoms with E-state index in [1.807, 2.05) is 12.2 Å². The third kappa shape index (κ3) is 2.98. The van der Waals surface area contributed by atoms with Crippen LogP contribution < -0.4 is 4.74 Å². The molecule has 4 atom stereocenters. The fourth-order valence-corrected chi connectivity index (χ4v) is 5.32. The second-order valence-electron chi connectivity index (χ2n) is 7.67. The van der Waals surface area contributed by atoms with Crippen molar-refractivity contribution < 1.29 is 13.9 Å². The van der Waals surface area contributed by atoms with Crippen LogP contribution in [0.2, 0.25) is 0 Å². The number of ether oxygens (including phenoxy) is 2. The summed E-state index contributed by atoms with van der Waals surface area (Å²) in [4.78, 5) is 0. The average Bonchev–Trinajstić information content (AvgIpc) is 2.67. The van der Waals surface area contributed by atoms with Gasteiger partial charge in [-0.3, -0.25) is 0 Å². The summed E-state index contributed by atoms with van der Waals surface area (Å²) in [5, 5.41) is 0. The monoisotopic (exact) mass is 342 g/mol. The fourth-order valence-electron chi connectivity index (χ4n) is 5.32. The number of allylic oxidation sites excluding steroid dienone is 3. The molecule has 0 bridgehead atoms. The van der Waals surface area contributed by atoms with E-state index >= 15 is 0 Å². The number of halogens is 1. The minimum atomic E-state index is -0.188. The Morgan fingerprint density at radius 1 is 1.04 bits per heavy atom. The summed E-state index contributed by atoms with van der Waals surface area (Å²) in [6.07, 6.45) is 10.8. The second kappa shape index (κ2) is 6.86. The third-order valence-corrected chi connectivity index (χ3v) is 6.52. The first-order valence-corrected chi connectivity index (χ1v) is 9.50. The van der Waals surface area contributed by atoms with Crippen molar-refractivity contribution in [3.05, 3.63) is 53.1 Å². The molecule has 1 aromatic rings. The van der Waals surface area contributed by atoms with Crippen molar-refractivity contribution in [2.45, 2.75) is 44.4 Å². The minimum Gasteiger partial charge on any atom is -0.497 e. The molecule has 0 N–H and O–H groups in total. The quantitative estimate of drug-likeness (QED) is 0.717. The van der Waals surface area contributed by atoms with E-state index in [1.165, 1.54) is 36.8 Å². The average molecular weight is 342 g/mol. The number of hydrogen-bond acceptors (Lipinski definition) is 2. The molecule has 0 heterocycles. The summed E-state index contributed by atoms with van der Waals surface area (Å²) >= 11 is 0. The minimum absolute atomic E-state index is 0.188. The molecule has 1 aromatic carbocycles. The maximum Gasteiger partial charge on any atom is 0.161 e. The van der Waals surface area contributed by atoms with Crippen molar-refractivity contribution in [1.29, 1.82) is 0 Å². The molecule has 0 saturated heterocycles. The van der Waals surface area contributed by atoms with Gasteiger partial charge in [0.1, 0.15) is 11.5 Å². The molecule has 1 unspecified atom stereocenters. The number of hydrogen-bond donors (Lipinski definition) is 0. The zero-order valence-electron chi connectivity index (χ0n) is 15.1. The zero-order chi connectivity index (χ0) is 17.4. The van der Waals surface area contributed by atoms with Crippen LogP contribution in [0.4, 0.5) is 4.39 Å². The van der Waals surface area contributed by atoms with E-state index in [-0.39, 0.29) is 11.7 Å². The molecule has 0 aliphatic heterocycles. The first kappa shape index (κ1) is 16.7. The van der Waals surface area contributed by atoms with Crippen LogP contribution in [0.25, 0.3) is 0 Å². The van der Waals surface area contributed by atoms with Crippen molar-refractivity contribution in [3.63, 3.8) is 0 Å². The Balaban J connectivity index is 1.67. The summed E-state index contributed by atoms with van der Waals surface area (Å²) in [5.74, 6) is 3.22. The van der Waals surface area contributed by atoms with Crippen LogP contribution in [0, 0.1) is 17.8 Å². The largest absolute Gasteiger partial charge is 0.497 e. The van der Waals surface area contributed by atoms with Gasteiger partial charge in [0.05, 0.1) is 14.2 Å². The third-order valence-electron chi connectivity index (χ3n) is 6.52. The summed E-state index contributed by atoms with van der Waals surface area (Å²) in [6, 6.07) is 6.54. The molecule has 0 aromatic heterocycles. The van der Waals surface area contributed by atoms with E-state index in [2.05, 4.69) is 18.2 Å². The molecule has 3 aliphatic carbocycles. The topological polar surface area (TPSA) is 18.5 Å². The Morgan fingerprint density at radius 2 is 1.88 bits per heavy atom. The van der Waals surface area contributed by atoms with Gasteiger partial charge in [0.2, 0.25) is 0 Å². The van der Waals surface area contributed by atoms with Gasteiger partial charge in [0.25, 0.3) is 0 Å². The molecule has 4 rings (SSSR count). The molecular weight excluding hydrogens is 315 g/mol. The maximum atomic E-state index is 14.3. The molecule has 3 heteroatoms. The van der Waals surface area contributed by atoms with Gasteiger partial charge in [-0.25, -0.2) is 4.39 Å². The highest BCUT2D eigenvalue weighted by Crippen LogP contribution is 2.52. The zero-order valence-corrected chi connectivity index (χ0v) is 15.1. The highest BCUT2D eigenvalue weighted by molar-refractivity contribution is 5.41. The summed E-state index contributed by atoms with van der Waals surface area (Å²) < 4.78 is 24.9.